The molecule has 0 aliphatic carbocycles. The van der Waals surface area contributed by atoms with Gasteiger partial charge in [-0.1, -0.05) is 6.92 Å². The molecule has 5 heteroatoms. The highest BCUT2D eigenvalue weighted by Gasteiger charge is 2.38. The number of amides is 2. The smallest absolute Gasteiger partial charge is 0.228 e. The lowest BCUT2D eigenvalue weighted by molar-refractivity contribution is -0.137. The van der Waals surface area contributed by atoms with Crippen LogP contribution in [-0.4, -0.2) is 61.0 Å². The van der Waals surface area contributed by atoms with E-state index in [9.17, 15) is 9.59 Å². The van der Waals surface area contributed by atoms with E-state index in [-0.39, 0.29) is 23.8 Å². The Balaban J connectivity index is 1.93. The summed E-state index contributed by atoms with van der Waals surface area (Å²) >= 11 is 0. The largest absolute Gasteiger partial charge is 0.383 e. The molecule has 0 spiro atoms. The first-order valence-corrected chi connectivity index (χ1v) is 7.60. The van der Waals surface area contributed by atoms with Crippen molar-refractivity contribution in [3.05, 3.63) is 0 Å². The molecule has 0 saturated carbocycles. The Bertz CT molecular complexity index is 372. The monoisotopic (exact) mass is 282 g/mol. The molecule has 3 atom stereocenters. The number of hydrogen-bond acceptors (Lipinski definition) is 3. The molecule has 2 saturated heterocycles. The quantitative estimate of drug-likeness (QED) is 0.776. The molecule has 2 fully saturated rings. The molecule has 20 heavy (non-hydrogen) atoms. The van der Waals surface area contributed by atoms with Crippen LogP contribution in [0.3, 0.4) is 0 Å². The van der Waals surface area contributed by atoms with E-state index < -0.39 is 0 Å². The fraction of sp³-hybridized carbons (Fsp3) is 0.867. The highest BCUT2D eigenvalue weighted by Crippen LogP contribution is 2.25. The van der Waals surface area contributed by atoms with Gasteiger partial charge in [0.1, 0.15) is 0 Å². The molecule has 0 radical (unpaired) electrons. The zero-order valence-corrected chi connectivity index (χ0v) is 12.8. The fourth-order valence-electron chi connectivity index (χ4n) is 3.30. The van der Waals surface area contributed by atoms with E-state index in [1.165, 1.54) is 6.42 Å². The van der Waals surface area contributed by atoms with E-state index in [0.29, 0.717) is 25.5 Å². The Morgan fingerprint density at radius 1 is 1.45 bits per heavy atom. The van der Waals surface area contributed by atoms with Gasteiger partial charge in [-0.2, -0.15) is 0 Å². The molecular formula is C15H26N2O3. The van der Waals surface area contributed by atoms with Crippen LogP contribution >= 0.6 is 0 Å². The standard InChI is InChI=1S/C15H26N2O3/c1-11-5-4-6-16(8-11)15(19)13-7-14(18)17(9-13)12(2)10-20-3/h11-13H,4-10H2,1-3H3/t11-,12+,13+/m1/s1. The number of nitrogens with zero attached hydrogens (tertiary/aromatic N) is 2. The first-order valence-electron chi connectivity index (χ1n) is 7.60. The predicted molar refractivity (Wildman–Crippen MR) is 76.1 cm³/mol. The number of piperidine rings is 1. The van der Waals surface area contributed by atoms with Crippen molar-refractivity contribution >= 4 is 11.8 Å². The number of methoxy groups -OCH3 is 1. The summed E-state index contributed by atoms with van der Waals surface area (Å²) < 4.78 is 5.10. The van der Waals surface area contributed by atoms with E-state index in [1.54, 1.807) is 12.0 Å². The van der Waals surface area contributed by atoms with Crippen LogP contribution in [-0.2, 0) is 14.3 Å². The van der Waals surface area contributed by atoms with E-state index in [1.807, 2.05) is 11.8 Å². The number of rotatable bonds is 4. The maximum Gasteiger partial charge on any atom is 0.228 e. The van der Waals surface area contributed by atoms with Crippen LogP contribution in [0.2, 0.25) is 0 Å². The summed E-state index contributed by atoms with van der Waals surface area (Å²) in [7, 11) is 1.63. The highest BCUT2D eigenvalue weighted by molar-refractivity contribution is 5.89. The van der Waals surface area contributed by atoms with E-state index in [4.69, 9.17) is 4.74 Å². The van der Waals surface area contributed by atoms with Gasteiger partial charge in [0.15, 0.2) is 0 Å². The van der Waals surface area contributed by atoms with E-state index in [0.717, 1.165) is 19.5 Å². The van der Waals surface area contributed by atoms with E-state index in [2.05, 4.69) is 6.92 Å². The Hall–Kier alpha value is -1.10. The summed E-state index contributed by atoms with van der Waals surface area (Å²) in [4.78, 5) is 28.3. The van der Waals surface area contributed by atoms with Crippen LogP contribution in [0.25, 0.3) is 0 Å². The van der Waals surface area contributed by atoms with Gasteiger partial charge in [0.2, 0.25) is 11.8 Å². The molecule has 2 aliphatic heterocycles. The molecule has 0 bridgehead atoms. The zero-order chi connectivity index (χ0) is 14.7. The summed E-state index contributed by atoms with van der Waals surface area (Å²) in [6.45, 7) is 6.92. The van der Waals surface area contributed by atoms with Gasteiger partial charge < -0.3 is 14.5 Å². The number of ether oxygens (including phenoxy) is 1. The fourth-order valence-corrected chi connectivity index (χ4v) is 3.30. The van der Waals surface area contributed by atoms with Gasteiger partial charge in [-0.3, -0.25) is 9.59 Å². The molecule has 2 rings (SSSR count). The molecule has 5 nitrogen and oxygen atoms in total. The van der Waals surface area contributed by atoms with Crippen molar-refractivity contribution in [1.29, 1.82) is 0 Å². The van der Waals surface area contributed by atoms with Crippen molar-refractivity contribution in [2.45, 2.75) is 39.2 Å². The summed E-state index contributed by atoms with van der Waals surface area (Å²) in [5.74, 6) is 0.662. The SMILES string of the molecule is COC[C@H](C)N1C[C@@H](C(=O)N2CCC[C@@H](C)C2)CC1=O. The number of likely N-dealkylation sites (tertiary alicyclic amines) is 2. The molecule has 114 valence electrons. The van der Waals surface area contributed by atoms with Gasteiger partial charge in [0.05, 0.1) is 18.6 Å². The van der Waals surface area contributed by atoms with Crippen molar-refractivity contribution in [3.8, 4) is 0 Å². The van der Waals surface area contributed by atoms with Crippen molar-refractivity contribution in [3.63, 3.8) is 0 Å². The lowest BCUT2D eigenvalue weighted by Crippen LogP contribution is -2.43. The van der Waals surface area contributed by atoms with Gasteiger partial charge in [-0.05, 0) is 25.7 Å². The third-order valence-corrected chi connectivity index (χ3v) is 4.42. The summed E-state index contributed by atoms with van der Waals surface area (Å²) in [5.41, 5.74) is 0. The average molecular weight is 282 g/mol. The first kappa shape index (κ1) is 15.3. The minimum absolute atomic E-state index is 0.0468. The third-order valence-electron chi connectivity index (χ3n) is 4.42. The van der Waals surface area contributed by atoms with Crippen molar-refractivity contribution in [1.82, 2.24) is 9.80 Å². The topological polar surface area (TPSA) is 49.9 Å². The molecular weight excluding hydrogens is 256 g/mol. The minimum atomic E-state index is -0.160. The molecule has 2 amide bonds. The van der Waals surface area contributed by atoms with Gasteiger partial charge in [0.25, 0.3) is 0 Å². The second kappa shape index (κ2) is 6.57. The Morgan fingerprint density at radius 3 is 2.85 bits per heavy atom. The van der Waals surface area contributed by atoms with Gasteiger partial charge in [-0.25, -0.2) is 0 Å². The molecule has 0 aromatic carbocycles. The van der Waals surface area contributed by atoms with Crippen molar-refractivity contribution < 1.29 is 14.3 Å². The molecule has 2 aliphatic rings. The third kappa shape index (κ3) is 3.32. The van der Waals surface area contributed by atoms with E-state index >= 15 is 0 Å². The maximum absolute atomic E-state index is 12.5. The maximum atomic E-state index is 12.5. The summed E-state index contributed by atoms with van der Waals surface area (Å²) in [5, 5.41) is 0. The minimum Gasteiger partial charge on any atom is -0.383 e. The molecule has 0 aromatic heterocycles. The van der Waals surface area contributed by atoms with Crippen LogP contribution < -0.4 is 0 Å². The molecule has 2 heterocycles. The summed E-state index contributed by atoms with van der Waals surface area (Å²) in [6, 6.07) is 0.0468. The Morgan fingerprint density at radius 2 is 2.20 bits per heavy atom. The molecule has 0 unspecified atom stereocenters. The highest BCUT2D eigenvalue weighted by atomic mass is 16.5. The lowest BCUT2D eigenvalue weighted by Gasteiger charge is -2.33. The van der Waals surface area contributed by atoms with Gasteiger partial charge in [0, 0.05) is 33.2 Å². The number of carbonyl (C=O) groups excluding carboxylic acids is 2. The first-order chi connectivity index (χ1) is 9.52. The molecule has 0 aromatic rings. The number of hydrogen-bond donors (Lipinski definition) is 0. The Kier molecular flexibility index (Phi) is 5.02. The second-order valence-corrected chi connectivity index (χ2v) is 6.28. The normalized spacial score (nSPS) is 28.9. The predicted octanol–water partition coefficient (Wildman–Crippen LogP) is 1.13. The van der Waals surface area contributed by atoms with Crippen LogP contribution in [0.15, 0.2) is 0 Å². The van der Waals surface area contributed by atoms with Crippen LogP contribution in [0.1, 0.15) is 33.1 Å². The lowest BCUT2D eigenvalue weighted by atomic mass is 9.98. The van der Waals surface area contributed by atoms with Gasteiger partial charge >= 0.3 is 0 Å². The van der Waals surface area contributed by atoms with Crippen LogP contribution in [0.5, 0.6) is 0 Å². The number of carbonyl (C=O) groups is 2. The average Bonchev–Trinajstić information content (AvgIpc) is 2.80. The zero-order valence-electron chi connectivity index (χ0n) is 12.8. The van der Waals surface area contributed by atoms with Crippen LogP contribution in [0.4, 0.5) is 0 Å². The Labute approximate surface area is 121 Å². The van der Waals surface area contributed by atoms with Crippen LogP contribution in [0, 0.1) is 11.8 Å². The summed E-state index contributed by atoms with van der Waals surface area (Å²) in [6.07, 6.45) is 2.64. The van der Waals surface area contributed by atoms with Gasteiger partial charge in [-0.15, -0.1) is 0 Å². The van der Waals surface area contributed by atoms with Crippen molar-refractivity contribution in [2.24, 2.45) is 11.8 Å². The molecule has 0 N–H and O–H groups in total. The van der Waals surface area contributed by atoms with Crippen molar-refractivity contribution in [2.75, 3.05) is 33.4 Å². The second-order valence-electron chi connectivity index (χ2n) is 6.28.